The summed E-state index contributed by atoms with van der Waals surface area (Å²) in [7, 11) is 2.08. The highest BCUT2D eigenvalue weighted by molar-refractivity contribution is 5.94. The van der Waals surface area contributed by atoms with Crippen LogP contribution in [0.3, 0.4) is 0 Å². The molecule has 0 bridgehead atoms. The number of piperazine rings is 1. The fraction of sp³-hybridized carbons (Fsp3) is 0.611. The molecule has 3 N–H and O–H groups in total. The minimum absolute atomic E-state index is 0.164. The number of amides is 1. The molecular weight excluding hydrogens is 322 g/mol. The topological polar surface area (TPSA) is 85.3 Å². The lowest BCUT2D eigenvalue weighted by atomic mass is 10.0. The first-order chi connectivity index (χ1) is 12.1. The Morgan fingerprint density at radius 1 is 1.20 bits per heavy atom. The number of aliphatic hydroxyl groups excluding tert-OH is 2. The molecule has 25 heavy (non-hydrogen) atoms. The van der Waals surface area contributed by atoms with Gasteiger partial charge in [-0.1, -0.05) is 18.2 Å². The minimum Gasteiger partial charge on any atom is -0.394 e. The van der Waals surface area contributed by atoms with E-state index < -0.39 is 12.2 Å². The van der Waals surface area contributed by atoms with Crippen LogP contribution in [0.1, 0.15) is 10.4 Å². The molecule has 1 amide bonds. The molecular formula is C18H27N3O4. The van der Waals surface area contributed by atoms with Crippen molar-refractivity contribution in [1.29, 1.82) is 0 Å². The van der Waals surface area contributed by atoms with Gasteiger partial charge in [-0.05, 0) is 19.2 Å². The van der Waals surface area contributed by atoms with E-state index in [1.165, 1.54) is 0 Å². The van der Waals surface area contributed by atoms with Crippen molar-refractivity contribution in [3.05, 3.63) is 35.9 Å². The molecule has 0 radical (unpaired) electrons. The molecule has 2 aliphatic heterocycles. The molecule has 4 atom stereocenters. The van der Waals surface area contributed by atoms with Gasteiger partial charge < -0.3 is 25.2 Å². The van der Waals surface area contributed by atoms with Crippen LogP contribution in [0.5, 0.6) is 0 Å². The van der Waals surface area contributed by atoms with Gasteiger partial charge in [-0.25, -0.2) is 0 Å². The number of nitrogens with zero attached hydrogens (tertiary/aromatic N) is 2. The molecule has 2 heterocycles. The Kier molecular flexibility index (Phi) is 6.03. The SMILES string of the molecule is CN1CCN([C@@H]2[C@H](O)[C@H](CO)O[C@@H]2CNC(=O)c2ccccc2)CC1. The molecule has 1 aromatic rings. The van der Waals surface area contributed by atoms with Crippen molar-refractivity contribution in [2.24, 2.45) is 0 Å². The van der Waals surface area contributed by atoms with Crippen LogP contribution in [0.2, 0.25) is 0 Å². The number of hydrogen-bond acceptors (Lipinski definition) is 6. The average Bonchev–Trinajstić information content (AvgIpc) is 2.97. The third-order valence-electron chi connectivity index (χ3n) is 5.10. The monoisotopic (exact) mass is 349 g/mol. The molecule has 0 spiro atoms. The maximum Gasteiger partial charge on any atom is 0.251 e. The average molecular weight is 349 g/mol. The number of ether oxygens (including phenoxy) is 1. The lowest BCUT2D eigenvalue weighted by molar-refractivity contribution is -0.0209. The Morgan fingerprint density at radius 3 is 2.52 bits per heavy atom. The van der Waals surface area contributed by atoms with Gasteiger partial charge in [0.25, 0.3) is 5.91 Å². The third kappa shape index (κ3) is 4.19. The van der Waals surface area contributed by atoms with Crippen molar-refractivity contribution in [2.75, 3.05) is 46.4 Å². The first kappa shape index (κ1) is 18.3. The van der Waals surface area contributed by atoms with Gasteiger partial charge in [0.05, 0.1) is 18.8 Å². The summed E-state index contributed by atoms with van der Waals surface area (Å²) in [6, 6.07) is 8.80. The largest absolute Gasteiger partial charge is 0.394 e. The fourth-order valence-corrected chi connectivity index (χ4v) is 3.60. The van der Waals surface area contributed by atoms with Crippen LogP contribution in [0.25, 0.3) is 0 Å². The summed E-state index contributed by atoms with van der Waals surface area (Å²) >= 11 is 0. The number of hydrogen-bond donors (Lipinski definition) is 3. The van der Waals surface area contributed by atoms with Crippen LogP contribution in [-0.4, -0.2) is 96.7 Å². The van der Waals surface area contributed by atoms with E-state index in [0.29, 0.717) is 12.1 Å². The van der Waals surface area contributed by atoms with Gasteiger partial charge in [-0.3, -0.25) is 9.69 Å². The second-order valence-corrected chi connectivity index (χ2v) is 6.79. The number of carbonyl (C=O) groups is 1. The standard InChI is InChI=1S/C18H27N3O4/c1-20-7-9-21(10-8-20)16-14(25-15(12-22)17(16)23)11-19-18(24)13-5-3-2-4-6-13/h2-6,14-17,22-23H,7-12H2,1H3,(H,19,24)/t14-,15+,16+,17-/m1/s1. The fourth-order valence-electron chi connectivity index (χ4n) is 3.60. The summed E-state index contributed by atoms with van der Waals surface area (Å²) in [5, 5.41) is 22.9. The molecule has 3 rings (SSSR count). The van der Waals surface area contributed by atoms with E-state index in [1.807, 2.05) is 18.2 Å². The zero-order chi connectivity index (χ0) is 17.8. The first-order valence-corrected chi connectivity index (χ1v) is 8.80. The van der Waals surface area contributed by atoms with Crippen molar-refractivity contribution in [2.45, 2.75) is 24.4 Å². The zero-order valence-electron chi connectivity index (χ0n) is 14.5. The summed E-state index contributed by atoms with van der Waals surface area (Å²) in [6.07, 6.45) is -1.71. The summed E-state index contributed by atoms with van der Waals surface area (Å²) in [6.45, 7) is 3.60. The Bertz CT molecular complexity index is 563. The first-order valence-electron chi connectivity index (χ1n) is 8.80. The molecule has 7 heteroatoms. The number of nitrogens with one attached hydrogen (secondary N) is 1. The lowest BCUT2D eigenvalue weighted by Crippen LogP contribution is -2.56. The molecule has 2 fully saturated rings. The molecule has 1 aromatic carbocycles. The van der Waals surface area contributed by atoms with Gasteiger partial charge in [0.1, 0.15) is 12.2 Å². The highest BCUT2D eigenvalue weighted by atomic mass is 16.5. The van der Waals surface area contributed by atoms with Crippen molar-refractivity contribution >= 4 is 5.91 Å². The molecule has 0 aromatic heterocycles. The maximum atomic E-state index is 12.3. The van der Waals surface area contributed by atoms with Crippen LogP contribution in [0.4, 0.5) is 0 Å². The number of carbonyl (C=O) groups excluding carboxylic acids is 1. The number of rotatable bonds is 5. The van der Waals surface area contributed by atoms with Gasteiger partial charge in [0, 0.05) is 38.3 Å². The molecule has 2 saturated heterocycles. The summed E-state index contributed by atoms with van der Waals surface area (Å²) < 4.78 is 5.83. The van der Waals surface area contributed by atoms with Crippen LogP contribution in [0, 0.1) is 0 Å². The van der Waals surface area contributed by atoms with Gasteiger partial charge in [-0.15, -0.1) is 0 Å². The van der Waals surface area contributed by atoms with Crippen LogP contribution in [-0.2, 0) is 4.74 Å². The summed E-state index contributed by atoms with van der Waals surface area (Å²) in [5.41, 5.74) is 0.593. The van der Waals surface area contributed by atoms with E-state index >= 15 is 0 Å². The van der Waals surface area contributed by atoms with Crippen molar-refractivity contribution < 1.29 is 19.7 Å². The second kappa shape index (κ2) is 8.25. The van der Waals surface area contributed by atoms with E-state index in [9.17, 15) is 15.0 Å². The zero-order valence-corrected chi connectivity index (χ0v) is 14.5. The molecule has 2 aliphatic rings. The van der Waals surface area contributed by atoms with Gasteiger partial charge in [0.2, 0.25) is 0 Å². The Labute approximate surface area is 148 Å². The van der Waals surface area contributed by atoms with Crippen molar-refractivity contribution in [3.8, 4) is 0 Å². The Balaban J connectivity index is 1.64. The van der Waals surface area contributed by atoms with Crippen molar-refractivity contribution in [3.63, 3.8) is 0 Å². The highest BCUT2D eigenvalue weighted by Gasteiger charge is 2.46. The highest BCUT2D eigenvalue weighted by Crippen LogP contribution is 2.26. The molecule has 0 unspecified atom stereocenters. The minimum atomic E-state index is -0.757. The van der Waals surface area contributed by atoms with Crippen molar-refractivity contribution in [1.82, 2.24) is 15.1 Å². The maximum absolute atomic E-state index is 12.3. The van der Waals surface area contributed by atoms with E-state index in [1.54, 1.807) is 12.1 Å². The Hall–Kier alpha value is -1.51. The predicted molar refractivity (Wildman–Crippen MR) is 93.4 cm³/mol. The molecule has 138 valence electrons. The summed E-state index contributed by atoms with van der Waals surface area (Å²) in [5.74, 6) is -0.164. The molecule has 0 saturated carbocycles. The van der Waals surface area contributed by atoms with E-state index in [-0.39, 0.29) is 24.7 Å². The summed E-state index contributed by atoms with van der Waals surface area (Å²) in [4.78, 5) is 16.7. The third-order valence-corrected chi connectivity index (χ3v) is 5.10. The quantitative estimate of drug-likeness (QED) is 0.642. The van der Waals surface area contributed by atoms with Crippen LogP contribution >= 0.6 is 0 Å². The van der Waals surface area contributed by atoms with Gasteiger partial charge in [0.15, 0.2) is 0 Å². The van der Waals surface area contributed by atoms with E-state index in [4.69, 9.17) is 4.74 Å². The van der Waals surface area contributed by atoms with Gasteiger partial charge in [-0.2, -0.15) is 0 Å². The smallest absolute Gasteiger partial charge is 0.251 e. The molecule has 7 nitrogen and oxygen atoms in total. The van der Waals surface area contributed by atoms with Crippen LogP contribution in [0.15, 0.2) is 30.3 Å². The molecule has 0 aliphatic carbocycles. The number of aliphatic hydroxyl groups is 2. The van der Waals surface area contributed by atoms with Crippen LogP contribution < -0.4 is 5.32 Å². The van der Waals surface area contributed by atoms with Gasteiger partial charge >= 0.3 is 0 Å². The Morgan fingerprint density at radius 2 is 1.88 bits per heavy atom. The number of benzene rings is 1. The second-order valence-electron chi connectivity index (χ2n) is 6.79. The van der Waals surface area contributed by atoms with E-state index in [2.05, 4.69) is 22.2 Å². The van der Waals surface area contributed by atoms with E-state index in [0.717, 1.165) is 26.2 Å². The normalized spacial score (nSPS) is 31.2. The predicted octanol–water partition coefficient (Wildman–Crippen LogP) is -0.847. The lowest BCUT2D eigenvalue weighted by Gasteiger charge is -2.39. The number of likely N-dealkylation sites (N-methyl/N-ethyl adjacent to an activating group) is 1.